The molecular weight excluding hydrogens is 492 g/mol. The molecule has 10 heteroatoms. The third kappa shape index (κ3) is 3.82. The largest absolute Gasteiger partial charge is 0.465 e. The predicted octanol–water partition coefficient (Wildman–Crippen LogP) is 3.23. The zero-order valence-corrected chi connectivity index (χ0v) is 20.3. The molecule has 1 N–H and O–H groups in total. The van der Waals surface area contributed by atoms with E-state index in [1.54, 1.807) is 41.8 Å². The number of thiazole rings is 1. The summed E-state index contributed by atoms with van der Waals surface area (Å²) in [6.07, 6.45) is 1.68. The molecule has 0 radical (unpaired) electrons. The van der Waals surface area contributed by atoms with Crippen LogP contribution in [0.3, 0.4) is 0 Å². The van der Waals surface area contributed by atoms with Crippen LogP contribution in [0.25, 0.3) is 6.08 Å². The van der Waals surface area contributed by atoms with E-state index in [0.29, 0.717) is 26.3 Å². The highest BCUT2D eigenvalue weighted by Gasteiger charge is 2.55. The first-order valence-corrected chi connectivity index (χ1v) is 12.4. The number of ether oxygens (including phenoxy) is 1. The number of fused-ring (bicyclic) bond motifs is 6. The van der Waals surface area contributed by atoms with Crippen LogP contribution in [0.5, 0.6) is 5.75 Å². The summed E-state index contributed by atoms with van der Waals surface area (Å²) in [5.74, 6) is -0.539. The van der Waals surface area contributed by atoms with Crippen molar-refractivity contribution in [3.8, 4) is 5.75 Å². The molecule has 2 bridgehead atoms. The number of hydrogen-bond acceptors (Lipinski definition) is 7. The number of nitro benzene ring substituents is 1. The van der Waals surface area contributed by atoms with Crippen LogP contribution in [0.15, 0.2) is 88.6 Å². The SMILES string of the molecule is C[C@]12N=c3s/c(=C/c4ccc([N+](=O)[O-])cc4)c(=O)n3C(c3ccccc3O1)C2C(=O)Nc1ccccc1. The molecule has 184 valence electrons. The third-order valence-electron chi connectivity index (χ3n) is 6.61. The second-order valence-corrected chi connectivity index (χ2v) is 10.0. The number of non-ortho nitro benzene ring substituents is 1. The average molecular weight is 513 g/mol. The summed E-state index contributed by atoms with van der Waals surface area (Å²) in [5, 5.41) is 13.9. The van der Waals surface area contributed by atoms with Crippen LogP contribution in [0.4, 0.5) is 11.4 Å². The molecule has 3 atom stereocenters. The Kier molecular flexibility index (Phi) is 5.27. The van der Waals surface area contributed by atoms with E-state index in [1.165, 1.54) is 23.5 Å². The Labute approximate surface area is 214 Å². The molecule has 2 aliphatic heterocycles. The monoisotopic (exact) mass is 512 g/mol. The Morgan fingerprint density at radius 2 is 1.81 bits per heavy atom. The lowest BCUT2D eigenvalue weighted by atomic mass is 9.80. The van der Waals surface area contributed by atoms with Crippen LogP contribution >= 0.6 is 11.3 Å². The third-order valence-corrected chi connectivity index (χ3v) is 7.59. The molecule has 3 heterocycles. The number of anilines is 1. The molecule has 1 aromatic heterocycles. The molecule has 6 rings (SSSR count). The highest BCUT2D eigenvalue weighted by atomic mass is 32.1. The molecule has 0 fully saturated rings. The van der Waals surface area contributed by atoms with Gasteiger partial charge < -0.3 is 10.1 Å². The second kappa shape index (κ2) is 8.52. The first-order chi connectivity index (χ1) is 17.8. The lowest BCUT2D eigenvalue weighted by Gasteiger charge is -2.45. The van der Waals surface area contributed by atoms with E-state index in [4.69, 9.17) is 9.73 Å². The van der Waals surface area contributed by atoms with E-state index in [-0.39, 0.29) is 17.2 Å². The van der Waals surface area contributed by atoms with Crippen LogP contribution in [-0.4, -0.2) is 21.1 Å². The topological polar surface area (TPSA) is 116 Å². The highest BCUT2D eigenvalue weighted by Crippen LogP contribution is 2.47. The zero-order valence-electron chi connectivity index (χ0n) is 19.5. The number of amides is 1. The lowest BCUT2D eigenvalue weighted by molar-refractivity contribution is -0.384. The fraction of sp³-hybridized carbons (Fsp3) is 0.148. The van der Waals surface area contributed by atoms with Crippen LogP contribution in [-0.2, 0) is 4.79 Å². The van der Waals surface area contributed by atoms with Gasteiger partial charge in [0.1, 0.15) is 11.7 Å². The van der Waals surface area contributed by atoms with E-state index in [2.05, 4.69) is 5.32 Å². The maximum absolute atomic E-state index is 13.7. The van der Waals surface area contributed by atoms with Gasteiger partial charge in [0.05, 0.1) is 15.5 Å². The van der Waals surface area contributed by atoms with Crippen molar-refractivity contribution in [2.24, 2.45) is 10.9 Å². The lowest BCUT2D eigenvalue weighted by Crippen LogP contribution is -2.59. The molecule has 0 aliphatic carbocycles. The minimum atomic E-state index is -1.24. The Bertz CT molecular complexity index is 1730. The highest BCUT2D eigenvalue weighted by molar-refractivity contribution is 7.07. The average Bonchev–Trinajstić information content (AvgIpc) is 3.17. The maximum Gasteiger partial charge on any atom is 0.270 e. The number of benzene rings is 3. The second-order valence-electron chi connectivity index (χ2n) is 9.00. The summed E-state index contributed by atoms with van der Waals surface area (Å²) < 4.78 is 8.29. The van der Waals surface area contributed by atoms with E-state index in [0.717, 1.165) is 5.56 Å². The summed E-state index contributed by atoms with van der Waals surface area (Å²) in [6, 6.07) is 21.8. The van der Waals surface area contributed by atoms with Gasteiger partial charge in [0.25, 0.3) is 11.2 Å². The van der Waals surface area contributed by atoms with E-state index in [9.17, 15) is 19.7 Å². The molecule has 9 nitrogen and oxygen atoms in total. The van der Waals surface area contributed by atoms with Gasteiger partial charge in [-0.3, -0.25) is 24.3 Å². The molecule has 4 aromatic rings. The first kappa shape index (κ1) is 22.9. The molecule has 0 saturated carbocycles. The normalized spacial score (nSPS) is 21.7. The minimum Gasteiger partial charge on any atom is -0.465 e. The summed E-state index contributed by atoms with van der Waals surface area (Å²) in [6.45, 7) is 1.76. The number of para-hydroxylation sites is 2. The van der Waals surface area contributed by atoms with Gasteiger partial charge in [-0.1, -0.05) is 47.7 Å². The molecule has 0 saturated heterocycles. The molecule has 37 heavy (non-hydrogen) atoms. The molecule has 3 aromatic carbocycles. The number of nitrogens with one attached hydrogen (secondary N) is 1. The van der Waals surface area contributed by atoms with Gasteiger partial charge in [-0.25, -0.2) is 4.99 Å². The molecule has 2 aliphatic rings. The van der Waals surface area contributed by atoms with Gasteiger partial charge >= 0.3 is 0 Å². The van der Waals surface area contributed by atoms with Crippen LogP contribution < -0.4 is 24.9 Å². The Balaban J connectivity index is 1.51. The molecule has 2 unspecified atom stereocenters. The smallest absolute Gasteiger partial charge is 0.270 e. The summed E-state index contributed by atoms with van der Waals surface area (Å²) in [5.41, 5.74) is 0.454. The number of hydrogen-bond donors (Lipinski definition) is 1. The predicted molar refractivity (Wildman–Crippen MR) is 138 cm³/mol. The first-order valence-electron chi connectivity index (χ1n) is 11.6. The van der Waals surface area contributed by atoms with Crippen molar-refractivity contribution in [2.45, 2.75) is 18.7 Å². The maximum atomic E-state index is 13.7. The van der Waals surface area contributed by atoms with Crippen molar-refractivity contribution < 1.29 is 14.5 Å². The van der Waals surface area contributed by atoms with Crippen molar-refractivity contribution in [1.29, 1.82) is 0 Å². The minimum absolute atomic E-state index is 0.0305. The number of rotatable bonds is 4. The number of carbonyl (C=O) groups is 1. The Hall–Kier alpha value is -4.57. The van der Waals surface area contributed by atoms with Gasteiger partial charge in [0.15, 0.2) is 4.80 Å². The van der Waals surface area contributed by atoms with Gasteiger partial charge in [0, 0.05) is 23.4 Å². The van der Waals surface area contributed by atoms with Crippen molar-refractivity contribution in [3.63, 3.8) is 0 Å². The number of aromatic nitrogens is 1. The van der Waals surface area contributed by atoms with Crippen LogP contribution in [0, 0.1) is 16.0 Å². The molecule has 1 amide bonds. The van der Waals surface area contributed by atoms with Gasteiger partial charge in [0.2, 0.25) is 11.6 Å². The van der Waals surface area contributed by atoms with Crippen molar-refractivity contribution in [3.05, 3.63) is 120 Å². The summed E-state index contributed by atoms with van der Waals surface area (Å²) in [4.78, 5) is 43.2. The van der Waals surface area contributed by atoms with E-state index in [1.807, 2.05) is 42.5 Å². The van der Waals surface area contributed by atoms with E-state index < -0.39 is 22.6 Å². The van der Waals surface area contributed by atoms with Gasteiger partial charge in [-0.2, -0.15) is 0 Å². The van der Waals surface area contributed by atoms with Crippen LogP contribution in [0.2, 0.25) is 0 Å². The standard InChI is InChI=1S/C27H20N4O5S/c1-27-22(24(32)28-17-7-3-2-4-8-17)23(19-9-5-6-10-20(19)36-27)30-25(33)21(37-26(30)29-27)15-16-11-13-18(14-12-16)31(34)35/h2-15,22-23H,1H3,(H,28,32)/b21-15+/t22?,23?,27-/m0/s1. The van der Waals surface area contributed by atoms with Crippen molar-refractivity contribution in [1.82, 2.24) is 4.57 Å². The molecule has 0 spiro atoms. The van der Waals surface area contributed by atoms with Crippen LogP contribution in [0.1, 0.15) is 24.1 Å². The number of nitro groups is 1. The Morgan fingerprint density at radius 3 is 2.54 bits per heavy atom. The van der Waals surface area contributed by atoms with Gasteiger partial charge in [-0.05, 0) is 48.9 Å². The quantitative estimate of drug-likeness (QED) is 0.333. The van der Waals surface area contributed by atoms with Crippen molar-refractivity contribution >= 4 is 34.7 Å². The zero-order chi connectivity index (χ0) is 25.7. The summed E-state index contributed by atoms with van der Waals surface area (Å²) in [7, 11) is 0. The van der Waals surface area contributed by atoms with E-state index >= 15 is 0 Å². The Morgan fingerprint density at radius 1 is 1.11 bits per heavy atom. The van der Waals surface area contributed by atoms with Crippen molar-refractivity contribution in [2.75, 3.05) is 5.32 Å². The molecular formula is C27H20N4O5S. The summed E-state index contributed by atoms with van der Waals surface area (Å²) >= 11 is 1.20. The fourth-order valence-corrected chi connectivity index (χ4v) is 6.03. The fourth-order valence-electron chi connectivity index (χ4n) is 4.93. The van der Waals surface area contributed by atoms with Gasteiger partial charge in [-0.15, -0.1) is 0 Å². The number of nitrogens with zero attached hydrogens (tertiary/aromatic N) is 3. The number of carbonyl (C=O) groups excluding carboxylic acids is 1.